The van der Waals surface area contributed by atoms with Crippen molar-refractivity contribution < 1.29 is 18.7 Å². The van der Waals surface area contributed by atoms with Crippen LogP contribution in [0.25, 0.3) is 11.0 Å². The second-order valence-corrected chi connectivity index (χ2v) is 7.06. The van der Waals surface area contributed by atoms with E-state index in [0.717, 1.165) is 23.8 Å². The van der Waals surface area contributed by atoms with Gasteiger partial charge in [0.2, 0.25) is 0 Å². The van der Waals surface area contributed by atoms with E-state index >= 15 is 0 Å². The molecule has 0 saturated carbocycles. The van der Waals surface area contributed by atoms with Gasteiger partial charge in [0.25, 0.3) is 5.91 Å². The zero-order chi connectivity index (χ0) is 18.0. The van der Waals surface area contributed by atoms with Gasteiger partial charge in [0.05, 0.1) is 5.60 Å². The van der Waals surface area contributed by atoms with Crippen LogP contribution < -0.4 is 15.7 Å². The second-order valence-electron chi connectivity index (χ2n) is 7.06. The number of carbonyl (C=O) groups is 1. The topological polar surface area (TPSA) is 77.8 Å². The predicted octanol–water partition coefficient (Wildman–Crippen LogP) is 2.55. The number of hydrogen-bond acceptors (Lipinski definition) is 5. The molecular weight excluding hydrogens is 322 g/mol. The molecule has 0 unspecified atom stereocenters. The van der Waals surface area contributed by atoms with E-state index in [1.807, 2.05) is 26.8 Å². The molecule has 3 rings (SSSR count). The van der Waals surface area contributed by atoms with Gasteiger partial charge >= 0.3 is 5.63 Å². The van der Waals surface area contributed by atoms with Crippen LogP contribution in [-0.2, 0) is 9.53 Å². The summed E-state index contributed by atoms with van der Waals surface area (Å²) in [6.45, 7) is 6.45. The lowest BCUT2D eigenvalue weighted by atomic mass is 9.94. The smallest absolute Gasteiger partial charge is 0.336 e. The highest BCUT2D eigenvalue weighted by atomic mass is 16.5. The van der Waals surface area contributed by atoms with E-state index in [2.05, 4.69) is 5.32 Å². The van der Waals surface area contributed by atoms with Crippen LogP contribution in [0.15, 0.2) is 33.5 Å². The maximum Gasteiger partial charge on any atom is 0.336 e. The molecule has 2 aromatic rings. The summed E-state index contributed by atoms with van der Waals surface area (Å²) in [5.41, 5.74) is 0.680. The molecule has 0 aliphatic carbocycles. The number of benzene rings is 1. The third kappa shape index (κ3) is 4.39. The SMILES string of the molecule is Cc1cc(=O)oc2cc(OCC(=O)N[C@H]3CCOC(C)(C)C3)ccc12. The first kappa shape index (κ1) is 17.5. The van der Waals surface area contributed by atoms with Gasteiger partial charge < -0.3 is 19.2 Å². The fraction of sp³-hybridized carbons (Fsp3) is 0.474. The predicted molar refractivity (Wildman–Crippen MR) is 93.9 cm³/mol. The number of nitrogens with one attached hydrogen (secondary N) is 1. The molecule has 6 nitrogen and oxygen atoms in total. The Hall–Kier alpha value is -2.34. The van der Waals surface area contributed by atoms with Crippen molar-refractivity contribution in [3.05, 3.63) is 40.2 Å². The normalized spacial score (nSPS) is 19.6. The van der Waals surface area contributed by atoms with Crippen LogP contribution in [0.4, 0.5) is 0 Å². The van der Waals surface area contributed by atoms with Crippen LogP contribution >= 0.6 is 0 Å². The van der Waals surface area contributed by atoms with Crippen LogP contribution in [0.3, 0.4) is 0 Å². The second kappa shape index (κ2) is 6.88. The Labute approximate surface area is 146 Å². The third-order valence-corrected chi connectivity index (χ3v) is 4.35. The van der Waals surface area contributed by atoms with Crippen LogP contribution in [0.1, 0.15) is 32.3 Å². The van der Waals surface area contributed by atoms with Gasteiger partial charge in [0.1, 0.15) is 11.3 Å². The number of aryl methyl sites for hydroxylation is 1. The monoisotopic (exact) mass is 345 g/mol. The van der Waals surface area contributed by atoms with Crippen molar-refractivity contribution in [3.63, 3.8) is 0 Å². The van der Waals surface area contributed by atoms with E-state index in [0.29, 0.717) is 17.9 Å². The largest absolute Gasteiger partial charge is 0.484 e. The lowest BCUT2D eigenvalue weighted by Crippen LogP contribution is -2.47. The van der Waals surface area contributed by atoms with E-state index in [1.54, 1.807) is 12.1 Å². The summed E-state index contributed by atoms with van der Waals surface area (Å²) in [5, 5.41) is 3.83. The van der Waals surface area contributed by atoms with Gasteiger partial charge in [-0.05, 0) is 51.3 Å². The highest BCUT2D eigenvalue weighted by Crippen LogP contribution is 2.24. The Morgan fingerprint density at radius 3 is 2.92 bits per heavy atom. The van der Waals surface area contributed by atoms with Gasteiger partial charge in [-0.15, -0.1) is 0 Å². The Balaban J connectivity index is 1.60. The lowest BCUT2D eigenvalue weighted by Gasteiger charge is -2.35. The van der Waals surface area contributed by atoms with Crippen LogP contribution in [0.2, 0.25) is 0 Å². The number of carbonyl (C=O) groups excluding carboxylic acids is 1. The van der Waals surface area contributed by atoms with Gasteiger partial charge in [-0.1, -0.05) is 0 Å². The van der Waals surface area contributed by atoms with Crippen molar-refractivity contribution in [2.45, 2.75) is 45.3 Å². The highest BCUT2D eigenvalue weighted by molar-refractivity contribution is 5.81. The number of ether oxygens (including phenoxy) is 2. The fourth-order valence-electron chi connectivity index (χ4n) is 3.17. The summed E-state index contributed by atoms with van der Waals surface area (Å²) < 4.78 is 16.4. The summed E-state index contributed by atoms with van der Waals surface area (Å²) in [4.78, 5) is 23.6. The molecule has 2 heterocycles. The van der Waals surface area contributed by atoms with Crippen LogP contribution in [-0.4, -0.2) is 30.8 Å². The first-order chi connectivity index (χ1) is 11.8. The van der Waals surface area contributed by atoms with Gasteiger partial charge in [-0.2, -0.15) is 0 Å². The maximum atomic E-state index is 12.1. The molecule has 1 aromatic heterocycles. The van der Waals surface area contributed by atoms with E-state index in [1.165, 1.54) is 6.07 Å². The average molecular weight is 345 g/mol. The van der Waals surface area contributed by atoms with Crippen molar-refractivity contribution >= 4 is 16.9 Å². The fourth-order valence-corrected chi connectivity index (χ4v) is 3.17. The molecule has 1 fully saturated rings. The first-order valence-electron chi connectivity index (χ1n) is 8.43. The molecule has 1 aliphatic rings. The quantitative estimate of drug-likeness (QED) is 0.862. The van der Waals surface area contributed by atoms with Crippen molar-refractivity contribution in [1.82, 2.24) is 5.32 Å². The van der Waals surface area contributed by atoms with Crippen molar-refractivity contribution in [3.8, 4) is 5.75 Å². The molecule has 1 aliphatic heterocycles. The van der Waals surface area contributed by atoms with E-state index in [-0.39, 0.29) is 24.2 Å². The molecule has 1 atom stereocenters. The van der Waals surface area contributed by atoms with Crippen LogP contribution in [0.5, 0.6) is 5.75 Å². The van der Waals surface area contributed by atoms with Gasteiger partial charge in [-0.25, -0.2) is 4.79 Å². The summed E-state index contributed by atoms with van der Waals surface area (Å²) in [5.74, 6) is 0.317. The molecule has 1 saturated heterocycles. The molecule has 1 amide bonds. The maximum absolute atomic E-state index is 12.1. The number of amides is 1. The number of hydrogen-bond donors (Lipinski definition) is 1. The van der Waals surface area contributed by atoms with Gasteiger partial charge in [-0.3, -0.25) is 4.79 Å². The average Bonchev–Trinajstić information content (AvgIpc) is 2.51. The van der Waals surface area contributed by atoms with E-state index in [9.17, 15) is 9.59 Å². The third-order valence-electron chi connectivity index (χ3n) is 4.35. The molecule has 0 spiro atoms. The molecular formula is C19H23NO5. The minimum absolute atomic E-state index is 0.0840. The van der Waals surface area contributed by atoms with Crippen molar-refractivity contribution in [2.24, 2.45) is 0 Å². The molecule has 25 heavy (non-hydrogen) atoms. The molecule has 0 bridgehead atoms. The first-order valence-corrected chi connectivity index (χ1v) is 8.43. The highest BCUT2D eigenvalue weighted by Gasteiger charge is 2.29. The number of fused-ring (bicyclic) bond motifs is 1. The zero-order valence-electron chi connectivity index (χ0n) is 14.8. The molecule has 6 heteroatoms. The molecule has 0 radical (unpaired) electrons. The summed E-state index contributed by atoms with van der Waals surface area (Å²) in [6.07, 6.45) is 1.58. The molecule has 134 valence electrons. The van der Waals surface area contributed by atoms with E-state index in [4.69, 9.17) is 13.9 Å². The summed E-state index contributed by atoms with van der Waals surface area (Å²) in [6, 6.07) is 6.76. The Morgan fingerprint density at radius 1 is 1.36 bits per heavy atom. The Morgan fingerprint density at radius 2 is 2.16 bits per heavy atom. The summed E-state index contributed by atoms with van der Waals surface area (Å²) >= 11 is 0. The van der Waals surface area contributed by atoms with Gasteiger partial charge in [0, 0.05) is 30.2 Å². The van der Waals surface area contributed by atoms with E-state index < -0.39 is 5.63 Å². The van der Waals surface area contributed by atoms with Crippen molar-refractivity contribution in [1.29, 1.82) is 0 Å². The standard InChI is InChI=1S/C19H23NO5/c1-12-8-18(22)25-16-9-14(4-5-15(12)16)23-11-17(21)20-13-6-7-24-19(2,3)10-13/h4-5,8-9,13H,6-7,10-11H2,1-3H3,(H,20,21)/t13-/m0/s1. The number of rotatable bonds is 4. The Kier molecular flexibility index (Phi) is 4.81. The lowest BCUT2D eigenvalue weighted by molar-refractivity contribution is -0.126. The van der Waals surface area contributed by atoms with Gasteiger partial charge in [0.15, 0.2) is 6.61 Å². The molecule has 1 N–H and O–H groups in total. The minimum atomic E-state index is -0.401. The van der Waals surface area contributed by atoms with Crippen LogP contribution in [0, 0.1) is 6.92 Å². The molecule has 1 aromatic carbocycles. The Bertz CT molecular complexity index is 839. The summed E-state index contributed by atoms with van der Waals surface area (Å²) in [7, 11) is 0. The van der Waals surface area contributed by atoms with Crippen molar-refractivity contribution in [2.75, 3.05) is 13.2 Å². The zero-order valence-corrected chi connectivity index (χ0v) is 14.8. The minimum Gasteiger partial charge on any atom is -0.484 e.